The largest absolute Gasteiger partial charge is 0.378 e. The maximum Gasteiger partial charge on any atom is 0.234 e. The molecule has 0 bridgehead atoms. The van der Waals surface area contributed by atoms with Crippen molar-refractivity contribution in [2.45, 2.75) is 25.9 Å². The molecule has 1 unspecified atom stereocenters. The first-order valence-corrected chi connectivity index (χ1v) is 6.31. The van der Waals surface area contributed by atoms with Crippen molar-refractivity contribution in [3.8, 4) is 0 Å². The first kappa shape index (κ1) is 12.9. The summed E-state index contributed by atoms with van der Waals surface area (Å²) in [6, 6.07) is 6.35. The molecule has 0 saturated heterocycles. The highest BCUT2D eigenvalue weighted by Crippen LogP contribution is 2.24. The van der Waals surface area contributed by atoms with Gasteiger partial charge in [0.1, 0.15) is 0 Å². The third-order valence-corrected chi connectivity index (χ3v) is 3.71. The van der Waals surface area contributed by atoms with Crippen molar-refractivity contribution in [2.75, 3.05) is 25.5 Å². The normalized spacial score (nSPS) is 17.1. The van der Waals surface area contributed by atoms with E-state index in [-0.39, 0.29) is 11.9 Å². The lowest BCUT2D eigenvalue weighted by Crippen LogP contribution is -2.45. The second-order valence-electron chi connectivity index (χ2n) is 5.15. The average Bonchev–Trinajstić information content (AvgIpc) is 2.36. The van der Waals surface area contributed by atoms with Gasteiger partial charge in [-0.15, -0.1) is 0 Å². The van der Waals surface area contributed by atoms with Gasteiger partial charge in [0.15, 0.2) is 0 Å². The van der Waals surface area contributed by atoms with Crippen molar-refractivity contribution >= 4 is 11.6 Å². The Morgan fingerprint density at radius 3 is 2.72 bits per heavy atom. The summed E-state index contributed by atoms with van der Waals surface area (Å²) >= 11 is 0. The predicted octanol–water partition coefficient (Wildman–Crippen LogP) is 0.984. The molecule has 1 atom stereocenters. The molecular formula is C14H21N3O. The van der Waals surface area contributed by atoms with E-state index in [4.69, 9.17) is 5.73 Å². The highest BCUT2D eigenvalue weighted by Gasteiger charge is 2.23. The van der Waals surface area contributed by atoms with Gasteiger partial charge in [-0.1, -0.05) is 6.07 Å². The van der Waals surface area contributed by atoms with E-state index in [1.54, 1.807) is 0 Å². The number of primary amides is 1. The van der Waals surface area contributed by atoms with Crippen LogP contribution in [0.3, 0.4) is 0 Å². The summed E-state index contributed by atoms with van der Waals surface area (Å²) in [5.74, 6) is -0.248. The number of benzene rings is 1. The van der Waals surface area contributed by atoms with E-state index in [9.17, 15) is 4.79 Å². The molecule has 98 valence electrons. The second kappa shape index (κ2) is 4.98. The quantitative estimate of drug-likeness (QED) is 0.866. The van der Waals surface area contributed by atoms with Crippen molar-refractivity contribution < 1.29 is 4.79 Å². The molecule has 1 heterocycles. The maximum atomic E-state index is 11.3. The molecule has 1 aliphatic rings. The van der Waals surface area contributed by atoms with Crippen LogP contribution in [0.5, 0.6) is 0 Å². The number of anilines is 1. The number of amides is 1. The zero-order valence-electron chi connectivity index (χ0n) is 11.3. The van der Waals surface area contributed by atoms with Crippen LogP contribution in [0.4, 0.5) is 5.69 Å². The lowest BCUT2D eigenvalue weighted by atomic mass is 9.97. The molecular weight excluding hydrogens is 226 g/mol. The molecule has 18 heavy (non-hydrogen) atoms. The molecule has 4 nitrogen and oxygen atoms in total. The fourth-order valence-corrected chi connectivity index (χ4v) is 2.35. The van der Waals surface area contributed by atoms with Gasteiger partial charge in [0, 0.05) is 32.9 Å². The van der Waals surface area contributed by atoms with Gasteiger partial charge in [0.05, 0.1) is 6.04 Å². The minimum absolute atomic E-state index is 0.193. The van der Waals surface area contributed by atoms with Gasteiger partial charge in [-0.2, -0.15) is 0 Å². The second-order valence-corrected chi connectivity index (χ2v) is 5.15. The van der Waals surface area contributed by atoms with Crippen LogP contribution in [0.2, 0.25) is 0 Å². The predicted molar refractivity (Wildman–Crippen MR) is 73.5 cm³/mol. The van der Waals surface area contributed by atoms with Gasteiger partial charge in [-0.3, -0.25) is 9.69 Å². The van der Waals surface area contributed by atoms with Crippen molar-refractivity contribution in [2.24, 2.45) is 5.73 Å². The van der Waals surface area contributed by atoms with Gasteiger partial charge in [-0.05, 0) is 36.6 Å². The number of carbonyl (C=O) groups excluding carboxylic acids is 1. The molecule has 2 rings (SSSR count). The van der Waals surface area contributed by atoms with Crippen molar-refractivity contribution in [3.05, 3.63) is 29.3 Å². The number of nitrogens with two attached hydrogens (primary N) is 1. The third-order valence-electron chi connectivity index (χ3n) is 3.71. The van der Waals surface area contributed by atoms with E-state index < -0.39 is 0 Å². The van der Waals surface area contributed by atoms with Crippen LogP contribution in [-0.2, 0) is 17.8 Å². The topological polar surface area (TPSA) is 49.6 Å². The lowest BCUT2D eigenvalue weighted by Gasteiger charge is -2.32. The Bertz CT molecular complexity index is 456. The minimum Gasteiger partial charge on any atom is -0.378 e. The summed E-state index contributed by atoms with van der Waals surface area (Å²) in [5, 5.41) is 0. The Morgan fingerprint density at radius 2 is 2.11 bits per heavy atom. The molecule has 4 heteroatoms. The zero-order chi connectivity index (χ0) is 13.3. The van der Waals surface area contributed by atoms with Crippen LogP contribution >= 0.6 is 0 Å². The van der Waals surface area contributed by atoms with E-state index in [1.165, 1.54) is 16.8 Å². The van der Waals surface area contributed by atoms with E-state index in [0.29, 0.717) is 0 Å². The van der Waals surface area contributed by atoms with Crippen molar-refractivity contribution in [1.82, 2.24) is 4.90 Å². The third kappa shape index (κ3) is 2.48. The van der Waals surface area contributed by atoms with Crippen LogP contribution in [-0.4, -0.2) is 37.5 Å². The fraction of sp³-hybridized carbons (Fsp3) is 0.500. The van der Waals surface area contributed by atoms with Gasteiger partial charge >= 0.3 is 0 Å². The SMILES string of the molecule is CC(C(N)=O)N1CCc2ccc(N(C)C)cc2C1. The average molecular weight is 247 g/mol. The van der Waals surface area contributed by atoms with E-state index >= 15 is 0 Å². The van der Waals surface area contributed by atoms with Crippen molar-refractivity contribution in [3.63, 3.8) is 0 Å². The van der Waals surface area contributed by atoms with Crippen molar-refractivity contribution in [1.29, 1.82) is 0 Å². The molecule has 0 spiro atoms. The van der Waals surface area contributed by atoms with E-state index in [1.807, 2.05) is 21.0 Å². The highest BCUT2D eigenvalue weighted by molar-refractivity contribution is 5.79. The summed E-state index contributed by atoms with van der Waals surface area (Å²) in [7, 11) is 4.07. The zero-order valence-corrected chi connectivity index (χ0v) is 11.3. The summed E-state index contributed by atoms with van der Waals surface area (Å²) in [6.07, 6.45) is 0.987. The van der Waals surface area contributed by atoms with Crippen LogP contribution in [0.25, 0.3) is 0 Å². The van der Waals surface area contributed by atoms with Crippen LogP contribution in [0.15, 0.2) is 18.2 Å². The maximum absolute atomic E-state index is 11.3. The summed E-state index contributed by atoms with van der Waals surface area (Å²) in [4.78, 5) is 15.5. The monoisotopic (exact) mass is 247 g/mol. The molecule has 0 radical (unpaired) electrons. The standard InChI is InChI=1S/C14H21N3O/c1-10(14(15)18)17-7-6-11-4-5-13(16(2)3)8-12(11)9-17/h4-5,8,10H,6-7,9H2,1-3H3,(H2,15,18). The van der Waals surface area contributed by atoms with Gasteiger partial charge in [-0.25, -0.2) is 0 Å². The van der Waals surface area contributed by atoms with Gasteiger partial charge in [0.25, 0.3) is 0 Å². The van der Waals surface area contributed by atoms with Gasteiger partial charge in [0.2, 0.25) is 5.91 Å². The van der Waals surface area contributed by atoms with Crippen LogP contribution in [0, 0.1) is 0 Å². The number of carbonyl (C=O) groups is 1. The molecule has 1 aromatic carbocycles. The molecule has 1 aromatic rings. The Hall–Kier alpha value is -1.55. The molecule has 0 aromatic heterocycles. The first-order valence-electron chi connectivity index (χ1n) is 6.31. The summed E-state index contributed by atoms with van der Waals surface area (Å²) < 4.78 is 0. The summed E-state index contributed by atoms with van der Waals surface area (Å²) in [6.45, 7) is 3.59. The fourth-order valence-electron chi connectivity index (χ4n) is 2.35. The molecule has 2 N–H and O–H groups in total. The summed E-state index contributed by atoms with van der Waals surface area (Å²) in [5.41, 5.74) is 9.26. The molecule has 1 amide bonds. The van der Waals surface area contributed by atoms with Gasteiger partial charge < -0.3 is 10.6 Å². The molecule has 1 aliphatic heterocycles. The smallest absolute Gasteiger partial charge is 0.234 e. The lowest BCUT2D eigenvalue weighted by molar-refractivity contribution is -0.123. The Labute approximate surface area is 108 Å². The minimum atomic E-state index is -0.248. The first-order chi connectivity index (χ1) is 8.49. The number of rotatable bonds is 3. The Morgan fingerprint density at radius 1 is 1.39 bits per heavy atom. The number of hydrogen-bond donors (Lipinski definition) is 1. The number of hydrogen-bond acceptors (Lipinski definition) is 3. The number of nitrogens with zero attached hydrogens (tertiary/aromatic N) is 2. The molecule has 0 fully saturated rings. The molecule has 0 saturated carbocycles. The van der Waals surface area contributed by atoms with E-state index in [0.717, 1.165) is 19.5 Å². The van der Waals surface area contributed by atoms with Crippen LogP contribution < -0.4 is 10.6 Å². The Kier molecular flexibility index (Phi) is 3.57. The van der Waals surface area contributed by atoms with E-state index in [2.05, 4.69) is 28.0 Å². The highest BCUT2D eigenvalue weighted by atomic mass is 16.1. The Balaban J connectivity index is 2.22. The number of fused-ring (bicyclic) bond motifs is 1. The molecule has 0 aliphatic carbocycles. The van der Waals surface area contributed by atoms with Crippen LogP contribution in [0.1, 0.15) is 18.1 Å².